The molecule has 0 heterocycles. The topological polar surface area (TPSA) is 60.2 Å². The highest BCUT2D eigenvalue weighted by atomic mass is 32.2. The molecule has 0 atom stereocenters. The summed E-state index contributed by atoms with van der Waals surface area (Å²) in [5.74, 6) is -1.37. The molecule has 7 heteroatoms. The van der Waals surface area contributed by atoms with Crippen LogP contribution < -0.4 is 5.73 Å². The van der Waals surface area contributed by atoms with Crippen molar-refractivity contribution in [1.29, 1.82) is 0 Å². The summed E-state index contributed by atoms with van der Waals surface area (Å²) in [6.45, 7) is 0.0574. The zero-order valence-electron chi connectivity index (χ0n) is 11.1. The average molecular weight is 329 g/mol. The Hall–Kier alpha value is -1.44. The molecule has 2 rings (SSSR count). The molecule has 0 bridgehead atoms. The Morgan fingerprint density at radius 3 is 2.05 bits per heavy atom. The summed E-state index contributed by atoms with van der Waals surface area (Å²) in [5.41, 5.74) is 5.73. The van der Waals surface area contributed by atoms with E-state index < -0.39 is 21.5 Å². The van der Waals surface area contributed by atoms with Crippen molar-refractivity contribution < 1.29 is 17.2 Å². The van der Waals surface area contributed by atoms with Crippen molar-refractivity contribution in [3.8, 4) is 0 Å². The molecule has 0 saturated heterocycles. The molecular weight excluding hydrogens is 316 g/mol. The van der Waals surface area contributed by atoms with E-state index in [-0.39, 0.29) is 16.3 Å². The van der Waals surface area contributed by atoms with Crippen molar-refractivity contribution in [3.63, 3.8) is 0 Å². The summed E-state index contributed by atoms with van der Waals surface area (Å²) in [7, 11) is -3.29. The van der Waals surface area contributed by atoms with Gasteiger partial charge in [-0.15, -0.1) is 0 Å². The van der Waals surface area contributed by atoms with Gasteiger partial charge in [-0.05, 0) is 42.0 Å². The number of benzene rings is 2. The lowest BCUT2D eigenvalue weighted by atomic mass is 10.2. The number of rotatable bonds is 4. The summed E-state index contributed by atoms with van der Waals surface area (Å²) in [6.07, 6.45) is 1.10. The van der Waals surface area contributed by atoms with E-state index in [1.54, 1.807) is 0 Å². The number of nitrogens with two attached hydrogens (primary N) is 1. The van der Waals surface area contributed by atoms with Gasteiger partial charge in [0.25, 0.3) is 0 Å². The third-order valence-electron chi connectivity index (χ3n) is 2.77. The first-order valence-corrected chi connectivity index (χ1v) is 8.68. The second kappa shape index (κ2) is 6.13. The SMILES string of the molecule is CS(=O)(=O)c1ccc(Sc2c(F)cc(CN)cc2F)cc1. The number of hydrogen-bond acceptors (Lipinski definition) is 4. The molecule has 0 aliphatic rings. The van der Waals surface area contributed by atoms with E-state index in [9.17, 15) is 17.2 Å². The number of hydrogen-bond donors (Lipinski definition) is 1. The van der Waals surface area contributed by atoms with E-state index in [0.717, 1.165) is 18.0 Å². The third kappa shape index (κ3) is 3.81. The van der Waals surface area contributed by atoms with Gasteiger partial charge in [-0.1, -0.05) is 11.8 Å². The van der Waals surface area contributed by atoms with Gasteiger partial charge in [-0.25, -0.2) is 17.2 Å². The fourth-order valence-corrected chi connectivity index (χ4v) is 3.15. The molecule has 0 spiro atoms. The normalized spacial score (nSPS) is 11.6. The maximum atomic E-state index is 13.8. The van der Waals surface area contributed by atoms with Crippen LogP contribution in [-0.2, 0) is 16.4 Å². The molecular formula is C14H13F2NO2S2. The zero-order valence-corrected chi connectivity index (χ0v) is 12.8. The Bertz CT molecular complexity index is 736. The molecule has 0 radical (unpaired) electrons. The van der Waals surface area contributed by atoms with Gasteiger partial charge in [0.2, 0.25) is 0 Å². The average Bonchev–Trinajstić information content (AvgIpc) is 2.42. The molecule has 3 nitrogen and oxygen atoms in total. The third-order valence-corrected chi connectivity index (χ3v) is 5.00. The van der Waals surface area contributed by atoms with Crippen LogP contribution in [0, 0.1) is 11.6 Å². The molecule has 112 valence electrons. The van der Waals surface area contributed by atoms with Gasteiger partial charge in [0.1, 0.15) is 11.6 Å². The van der Waals surface area contributed by atoms with E-state index in [2.05, 4.69) is 0 Å². The number of halogens is 2. The second-order valence-electron chi connectivity index (χ2n) is 4.44. The fourth-order valence-electron chi connectivity index (χ4n) is 1.70. The van der Waals surface area contributed by atoms with E-state index in [1.165, 1.54) is 36.4 Å². The monoisotopic (exact) mass is 329 g/mol. The second-order valence-corrected chi connectivity index (χ2v) is 7.54. The van der Waals surface area contributed by atoms with Gasteiger partial charge in [0.15, 0.2) is 9.84 Å². The molecule has 0 amide bonds. The minimum atomic E-state index is -3.29. The van der Waals surface area contributed by atoms with Crippen molar-refractivity contribution in [2.75, 3.05) is 6.26 Å². The standard InChI is InChI=1S/C14H13F2NO2S2/c1-21(18,19)11-4-2-10(3-5-11)20-14-12(15)6-9(8-17)7-13(14)16/h2-7H,8,17H2,1H3. The largest absolute Gasteiger partial charge is 0.326 e. The van der Waals surface area contributed by atoms with Crippen molar-refractivity contribution in [3.05, 3.63) is 53.6 Å². The quantitative estimate of drug-likeness (QED) is 0.937. The minimum absolute atomic E-state index is 0.0574. The summed E-state index contributed by atoms with van der Waals surface area (Å²) in [4.78, 5) is 0.561. The van der Waals surface area contributed by atoms with Crippen LogP contribution in [-0.4, -0.2) is 14.7 Å². The van der Waals surface area contributed by atoms with Crippen molar-refractivity contribution in [2.24, 2.45) is 5.73 Å². The molecule has 2 aromatic rings. The smallest absolute Gasteiger partial charge is 0.175 e. The van der Waals surface area contributed by atoms with Gasteiger partial charge >= 0.3 is 0 Å². The first-order chi connectivity index (χ1) is 9.81. The van der Waals surface area contributed by atoms with Crippen LogP contribution in [0.5, 0.6) is 0 Å². The Balaban J connectivity index is 2.31. The van der Waals surface area contributed by atoms with Crippen LogP contribution in [0.2, 0.25) is 0 Å². The van der Waals surface area contributed by atoms with Gasteiger partial charge in [-0.3, -0.25) is 0 Å². The molecule has 0 fully saturated rings. The van der Waals surface area contributed by atoms with Crippen molar-refractivity contribution in [1.82, 2.24) is 0 Å². The molecule has 0 aliphatic carbocycles. The minimum Gasteiger partial charge on any atom is -0.326 e. The Morgan fingerprint density at radius 2 is 1.62 bits per heavy atom. The van der Waals surface area contributed by atoms with Crippen LogP contribution in [0.1, 0.15) is 5.56 Å². The maximum absolute atomic E-state index is 13.8. The van der Waals surface area contributed by atoms with Crippen molar-refractivity contribution in [2.45, 2.75) is 21.2 Å². The van der Waals surface area contributed by atoms with Gasteiger partial charge in [0, 0.05) is 17.7 Å². The van der Waals surface area contributed by atoms with E-state index >= 15 is 0 Å². The lowest BCUT2D eigenvalue weighted by Gasteiger charge is -2.07. The summed E-state index contributed by atoms with van der Waals surface area (Å²) < 4.78 is 50.4. The highest BCUT2D eigenvalue weighted by molar-refractivity contribution is 7.99. The summed E-state index contributed by atoms with van der Waals surface area (Å²) in [6, 6.07) is 8.21. The van der Waals surface area contributed by atoms with Crippen LogP contribution >= 0.6 is 11.8 Å². The zero-order chi connectivity index (χ0) is 15.6. The van der Waals surface area contributed by atoms with Crippen LogP contribution in [0.4, 0.5) is 8.78 Å². The van der Waals surface area contributed by atoms with E-state index in [0.29, 0.717) is 10.5 Å². The first-order valence-electron chi connectivity index (χ1n) is 5.97. The van der Waals surface area contributed by atoms with Crippen LogP contribution in [0.3, 0.4) is 0 Å². The van der Waals surface area contributed by atoms with E-state index in [4.69, 9.17) is 5.73 Å². The highest BCUT2D eigenvalue weighted by Gasteiger charge is 2.13. The Kier molecular flexibility index (Phi) is 4.65. The first kappa shape index (κ1) is 15.9. The van der Waals surface area contributed by atoms with Crippen LogP contribution in [0.25, 0.3) is 0 Å². The number of sulfone groups is 1. The Morgan fingerprint density at radius 1 is 1.10 bits per heavy atom. The molecule has 2 N–H and O–H groups in total. The van der Waals surface area contributed by atoms with Gasteiger partial charge in [0.05, 0.1) is 9.79 Å². The van der Waals surface area contributed by atoms with Gasteiger partial charge in [-0.2, -0.15) is 0 Å². The lowest BCUT2D eigenvalue weighted by molar-refractivity contribution is 0.537. The maximum Gasteiger partial charge on any atom is 0.175 e. The lowest BCUT2D eigenvalue weighted by Crippen LogP contribution is -1.99. The fraction of sp³-hybridized carbons (Fsp3) is 0.143. The molecule has 0 saturated carbocycles. The van der Waals surface area contributed by atoms with E-state index in [1.807, 2.05) is 0 Å². The summed E-state index contributed by atoms with van der Waals surface area (Å²) in [5, 5.41) is 0. The van der Waals surface area contributed by atoms with Gasteiger partial charge < -0.3 is 5.73 Å². The molecule has 21 heavy (non-hydrogen) atoms. The Labute approximate surface area is 126 Å². The highest BCUT2D eigenvalue weighted by Crippen LogP contribution is 2.33. The van der Waals surface area contributed by atoms with Crippen LogP contribution in [0.15, 0.2) is 51.1 Å². The molecule has 0 aromatic heterocycles. The molecule has 0 aliphatic heterocycles. The summed E-state index contributed by atoms with van der Waals surface area (Å²) >= 11 is 0.894. The predicted octanol–water partition coefficient (Wildman–Crippen LogP) is 2.98. The molecule has 0 unspecified atom stereocenters. The molecule has 2 aromatic carbocycles. The predicted molar refractivity (Wildman–Crippen MR) is 77.9 cm³/mol. The van der Waals surface area contributed by atoms with Crippen molar-refractivity contribution >= 4 is 21.6 Å².